The molecule has 0 spiro atoms. The molecule has 1 amide bonds. The average molecular weight is 455 g/mol. The van der Waals surface area contributed by atoms with Crippen molar-refractivity contribution in [3.05, 3.63) is 64.6 Å². The Labute approximate surface area is 191 Å². The van der Waals surface area contributed by atoms with E-state index < -0.39 is 17.7 Å². The summed E-state index contributed by atoms with van der Waals surface area (Å²) in [5.41, 5.74) is 4.44. The van der Waals surface area contributed by atoms with Crippen LogP contribution in [0.2, 0.25) is 0 Å². The molecule has 1 aromatic carbocycles. The molecule has 5 rings (SSSR count). The van der Waals surface area contributed by atoms with Crippen molar-refractivity contribution in [3.63, 3.8) is 0 Å². The summed E-state index contributed by atoms with van der Waals surface area (Å²) >= 11 is 0. The van der Waals surface area contributed by atoms with Crippen LogP contribution in [-0.2, 0) is 16.1 Å². The Morgan fingerprint density at radius 3 is 2.52 bits per heavy atom. The van der Waals surface area contributed by atoms with Gasteiger partial charge < -0.3 is 0 Å². The third kappa shape index (κ3) is 4.49. The number of amides is 1. The second-order valence-corrected chi connectivity index (χ2v) is 9.40. The van der Waals surface area contributed by atoms with Crippen molar-refractivity contribution < 1.29 is 18.4 Å². The van der Waals surface area contributed by atoms with Crippen molar-refractivity contribution in [2.24, 2.45) is 11.8 Å². The van der Waals surface area contributed by atoms with E-state index in [0.29, 0.717) is 24.5 Å². The van der Waals surface area contributed by atoms with Gasteiger partial charge in [0.25, 0.3) is 0 Å². The van der Waals surface area contributed by atoms with Crippen LogP contribution in [0.25, 0.3) is 5.65 Å². The van der Waals surface area contributed by atoms with Crippen LogP contribution in [0.4, 0.5) is 8.78 Å². The van der Waals surface area contributed by atoms with Gasteiger partial charge in [-0.15, -0.1) is 0 Å². The maximum Gasteiger partial charge on any atom is 0.249 e. The van der Waals surface area contributed by atoms with Gasteiger partial charge in [-0.3, -0.25) is 9.63 Å². The molecule has 1 aliphatic carbocycles. The molecular formula is C25H28F2N4O2. The van der Waals surface area contributed by atoms with E-state index >= 15 is 0 Å². The average Bonchev–Trinajstić information content (AvgIpc) is 3.40. The summed E-state index contributed by atoms with van der Waals surface area (Å²) < 4.78 is 29.3. The molecular weight excluding hydrogens is 426 g/mol. The highest BCUT2D eigenvalue weighted by Gasteiger charge is 2.37. The smallest absolute Gasteiger partial charge is 0.249 e. The number of hydrogen-bond donors (Lipinski definition) is 0. The normalized spacial score (nSPS) is 23.4. The Balaban J connectivity index is 1.22. The van der Waals surface area contributed by atoms with E-state index in [9.17, 15) is 13.6 Å². The largest absolute Gasteiger partial charge is 0.272 e. The molecule has 6 nitrogen and oxygen atoms in total. The minimum Gasteiger partial charge on any atom is -0.272 e. The number of aromatic nitrogens is 3. The molecule has 3 aromatic rings. The van der Waals surface area contributed by atoms with Gasteiger partial charge in [0.15, 0.2) is 5.65 Å². The highest BCUT2D eigenvalue weighted by Crippen LogP contribution is 2.37. The third-order valence-corrected chi connectivity index (χ3v) is 6.87. The first kappa shape index (κ1) is 21.9. The first-order chi connectivity index (χ1) is 15.9. The first-order valence-electron chi connectivity index (χ1n) is 11.6. The van der Waals surface area contributed by atoms with Crippen LogP contribution < -0.4 is 0 Å². The fraction of sp³-hybridized carbons (Fsp3) is 0.480. The number of carbonyl (C=O) groups excluding carboxylic acids is 1. The van der Waals surface area contributed by atoms with Crippen LogP contribution in [0.15, 0.2) is 30.5 Å². The number of nitrogens with zero attached hydrogens (tertiary/aromatic N) is 4. The second-order valence-electron chi connectivity index (χ2n) is 9.40. The maximum atomic E-state index is 13.7. The van der Waals surface area contributed by atoms with Gasteiger partial charge in [0, 0.05) is 18.4 Å². The minimum atomic E-state index is -0.641. The monoisotopic (exact) mass is 454 g/mol. The van der Waals surface area contributed by atoms with E-state index in [2.05, 4.69) is 18.0 Å². The van der Waals surface area contributed by atoms with Crippen LogP contribution >= 0.6 is 0 Å². The van der Waals surface area contributed by atoms with Gasteiger partial charge in [-0.1, -0.05) is 0 Å². The predicted molar refractivity (Wildman–Crippen MR) is 118 cm³/mol. The number of hydrogen-bond acceptors (Lipinski definition) is 4. The first-order valence-corrected chi connectivity index (χ1v) is 11.6. The summed E-state index contributed by atoms with van der Waals surface area (Å²) in [6, 6.07) is 5.08. The Kier molecular flexibility index (Phi) is 5.86. The zero-order valence-electron chi connectivity index (χ0n) is 18.9. The fourth-order valence-electron chi connectivity index (χ4n) is 5.26. The summed E-state index contributed by atoms with van der Waals surface area (Å²) in [7, 11) is 0. The lowest BCUT2D eigenvalue weighted by molar-refractivity contribution is -0.183. The van der Waals surface area contributed by atoms with Crippen LogP contribution in [0.3, 0.4) is 0 Å². The summed E-state index contributed by atoms with van der Waals surface area (Å²) in [6.45, 7) is 4.38. The molecule has 0 bridgehead atoms. The molecule has 33 heavy (non-hydrogen) atoms. The highest BCUT2D eigenvalue weighted by atomic mass is 19.1. The van der Waals surface area contributed by atoms with Crippen LogP contribution in [-0.4, -0.2) is 32.2 Å². The zero-order valence-corrected chi connectivity index (χ0v) is 18.9. The third-order valence-electron chi connectivity index (χ3n) is 6.87. The summed E-state index contributed by atoms with van der Waals surface area (Å²) in [5, 5.41) is 6.08. The lowest BCUT2D eigenvalue weighted by Crippen LogP contribution is -2.36. The number of imidazole rings is 1. The van der Waals surface area contributed by atoms with Crippen molar-refractivity contribution in [2.75, 3.05) is 6.61 Å². The van der Waals surface area contributed by atoms with Crippen molar-refractivity contribution >= 4 is 11.6 Å². The van der Waals surface area contributed by atoms with Crippen molar-refractivity contribution in [2.45, 2.75) is 58.4 Å². The molecule has 0 unspecified atom stereocenters. The van der Waals surface area contributed by atoms with Gasteiger partial charge >= 0.3 is 0 Å². The molecule has 0 radical (unpaired) electrons. The number of aryl methyl sites for hydroxylation is 2. The molecule has 174 valence electrons. The summed E-state index contributed by atoms with van der Waals surface area (Å²) in [4.78, 5) is 23.3. The van der Waals surface area contributed by atoms with Crippen molar-refractivity contribution in [1.29, 1.82) is 0 Å². The van der Waals surface area contributed by atoms with E-state index in [4.69, 9.17) is 9.94 Å². The molecule has 3 heterocycles. The lowest BCUT2D eigenvalue weighted by atomic mass is 9.79. The number of halogens is 2. The van der Waals surface area contributed by atoms with Gasteiger partial charge in [-0.2, -0.15) is 5.10 Å². The Hall–Kier alpha value is -2.87. The second kappa shape index (κ2) is 8.82. The van der Waals surface area contributed by atoms with Crippen LogP contribution in [0, 0.1) is 37.3 Å². The van der Waals surface area contributed by atoms with Gasteiger partial charge in [-0.05, 0) is 81.2 Å². The Morgan fingerprint density at radius 1 is 1.06 bits per heavy atom. The Morgan fingerprint density at radius 2 is 1.79 bits per heavy atom. The molecule has 2 aliphatic rings. The van der Waals surface area contributed by atoms with Crippen molar-refractivity contribution in [3.8, 4) is 0 Å². The Bertz CT molecular complexity index is 1170. The van der Waals surface area contributed by atoms with Crippen LogP contribution in [0.5, 0.6) is 0 Å². The van der Waals surface area contributed by atoms with Gasteiger partial charge in [-0.25, -0.2) is 23.3 Å². The predicted octanol–water partition coefficient (Wildman–Crippen LogP) is 4.88. The maximum absolute atomic E-state index is 13.7. The van der Waals surface area contributed by atoms with E-state index in [1.165, 1.54) is 17.2 Å². The van der Waals surface area contributed by atoms with Gasteiger partial charge in [0.2, 0.25) is 5.91 Å². The minimum absolute atomic E-state index is 0.0788. The summed E-state index contributed by atoms with van der Waals surface area (Å²) in [5.74, 6) is -1.02. The fourth-order valence-corrected chi connectivity index (χ4v) is 5.26. The number of carbonyl (C=O) groups is 1. The molecule has 1 aliphatic heterocycles. The molecule has 1 atom stereocenters. The number of benzene rings is 1. The molecule has 0 N–H and O–H groups in total. The molecule has 1 saturated carbocycles. The van der Waals surface area contributed by atoms with E-state index in [-0.39, 0.29) is 11.8 Å². The van der Waals surface area contributed by atoms with Gasteiger partial charge in [0.05, 0.1) is 30.2 Å². The number of fused-ring (bicyclic) bond motifs is 1. The molecule has 8 heteroatoms. The van der Waals surface area contributed by atoms with Gasteiger partial charge in [0.1, 0.15) is 11.6 Å². The molecule has 2 fully saturated rings. The van der Waals surface area contributed by atoms with Crippen molar-refractivity contribution in [1.82, 2.24) is 19.7 Å². The quantitative estimate of drug-likeness (QED) is 0.564. The molecule has 2 aromatic heterocycles. The lowest BCUT2D eigenvalue weighted by Gasteiger charge is -2.32. The van der Waals surface area contributed by atoms with E-state index in [0.717, 1.165) is 60.8 Å². The standard InChI is InChI=1S/C25H28F2N4O2/c1-15-9-22(29-30-14-16(2)28-24(15)30)10-17-3-5-18(6-4-17)25(32)31-23(7-8-33-31)19-11-20(26)13-21(27)12-19/h9,11-14,17-18,23H,3-8,10H2,1-2H3/t17?,18?,23-/m0/s1. The van der Waals surface area contributed by atoms with E-state index in [1.807, 2.05) is 17.6 Å². The SMILES string of the molecule is Cc1cn2nc(CC3CCC(C(=O)N4OCC[C@H]4c4cc(F)cc(F)c4)CC3)cc(C)c2n1. The number of rotatable bonds is 4. The number of hydroxylamine groups is 2. The summed E-state index contributed by atoms with van der Waals surface area (Å²) in [6.07, 6.45) is 6.78. The van der Waals surface area contributed by atoms with Crippen LogP contribution in [0.1, 0.15) is 60.7 Å². The van der Waals surface area contributed by atoms with E-state index in [1.54, 1.807) is 0 Å². The molecule has 1 saturated heterocycles. The highest BCUT2D eigenvalue weighted by molar-refractivity contribution is 5.78. The zero-order chi connectivity index (χ0) is 23.1. The topological polar surface area (TPSA) is 59.7 Å².